The summed E-state index contributed by atoms with van der Waals surface area (Å²) >= 11 is 0. The van der Waals surface area contributed by atoms with Gasteiger partial charge in [0.2, 0.25) is 0 Å². The first-order chi connectivity index (χ1) is 9.49. The van der Waals surface area contributed by atoms with Crippen LogP contribution < -0.4 is 15.2 Å². The van der Waals surface area contributed by atoms with Crippen molar-refractivity contribution < 1.29 is 19.4 Å². The van der Waals surface area contributed by atoms with Crippen molar-refractivity contribution in [2.24, 2.45) is 0 Å². The number of hydrogen-bond donors (Lipinski definition) is 3. The number of aromatic nitrogens is 2. The number of hydrogen-bond acceptors (Lipinski definition) is 5. The van der Waals surface area contributed by atoms with E-state index >= 15 is 0 Å². The molecule has 0 bridgehead atoms. The molecule has 0 saturated heterocycles. The Morgan fingerprint density at radius 3 is 2.60 bits per heavy atom. The van der Waals surface area contributed by atoms with Crippen molar-refractivity contribution in [2.45, 2.75) is 6.92 Å². The summed E-state index contributed by atoms with van der Waals surface area (Å²) in [6.07, 6.45) is 0. The molecule has 0 saturated carbocycles. The third-order valence-electron chi connectivity index (χ3n) is 2.97. The van der Waals surface area contributed by atoms with Gasteiger partial charge < -0.3 is 25.3 Å². The van der Waals surface area contributed by atoms with Gasteiger partial charge in [0.25, 0.3) is 0 Å². The molecule has 4 N–H and O–H groups in total. The molecule has 2 rings (SSSR count). The predicted molar refractivity (Wildman–Crippen MR) is 73.2 cm³/mol. The Hall–Kier alpha value is -2.70. The van der Waals surface area contributed by atoms with Gasteiger partial charge in [-0.1, -0.05) is 0 Å². The van der Waals surface area contributed by atoms with E-state index in [4.69, 9.17) is 15.2 Å². The molecule has 7 heteroatoms. The van der Waals surface area contributed by atoms with Crippen LogP contribution in [0.25, 0.3) is 11.3 Å². The van der Waals surface area contributed by atoms with E-state index in [1.54, 1.807) is 19.2 Å². The SMILES string of the molecule is COc1ccc(-c2nc(N)[nH]c2C(=O)O)c(OC)c1C. The molecule has 106 valence electrons. The molecule has 1 aromatic heterocycles. The molecule has 0 spiro atoms. The lowest BCUT2D eigenvalue weighted by atomic mass is 10.0. The van der Waals surface area contributed by atoms with Gasteiger partial charge in [-0.2, -0.15) is 0 Å². The number of nitrogens with one attached hydrogen (secondary N) is 1. The summed E-state index contributed by atoms with van der Waals surface area (Å²) in [5.74, 6) is 0.0389. The summed E-state index contributed by atoms with van der Waals surface area (Å²) in [4.78, 5) is 17.8. The van der Waals surface area contributed by atoms with Gasteiger partial charge in [0.15, 0.2) is 11.6 Å². The highest BCUT2D eigenvalue weighted by Gasteiger charge is 2.22. The summed E-state index contributed by atoms with van der Waals surface area (Å²) in [5, 5.41) is 9.18. The summed E-state index contributed by atoms with van der Waals surface area (Å²) in [6, 6.07) is 3.41. The molecule has 2 aromatic rings. The zero-order valence-corrected chi connectivity index (χ0v) is 11.4. The van der Waals surface area contributed by atoms with Crippen LogP contribution in [-0.4, -0.2) is 35.3 Å². The number of rotatable bonds is 4. The van der Waals surface area contributed by atoms with Gasteiger partial charge in [0, 0.05) is 11.1 Å². The summed E-state index contributed by atoms with van der Waals surface area (Å²) in [7, 11) is 3.05. The largest absolute Gasteiger partial charge is 0.496 e. The lowest BCUT2D eigenvalue weighted by Crippen LogP contribution is -2.01. The van der Waals surface area contributed by atoms with E-state index < -0.39 is 5.97 Å². The fourth-order valence-corrected chi connectivity index (χ4v) is 2.09. The molecule has 1 heterocycles. The third kappa shape index (κ3) is 2.13. The van der Waals surface area contributed by atoms with Crippen LogP contribution in [0, 0.1) is 6.92 Å². The van der Waals surface area contributed by atoms with Crippen LogP contribution >= 0.6 is 0 Å². The Kier molecular flexibility index (Phi) is 3.51. The van der Waals surface area contributed by atoms with Crippen molar-refractivity contribution in [2.75, 3.05) is 20.0 Å². The van der Waals surface area contributed by atoms with Crippen molar-refractivity contribution in [3.05, 3.63) is 23.4 Å². The minimum Gasteiger partial charge on any atom is -0.496 e. The van der Waals surface area contributed by atoms with Crippen LogP contribution in [0.5, 0.6) is 11.5 Å². The molecule has 0 amide bonds. The number of aromatic carboxylic acids is 1. The van der Waals surface area contributed by atoms with Crippen LogP contribution in [0.15, 0.2) is 12.1 Å². The predicted octanol–water partition coefficient (Wildman–Crippen LogP) is 1.68. The number of aromatic amines is 1. The van der Waals surface area contributed by atoms with Crippen LogP contribution in [-0.2, 0) is 0 Å². The van der Waals surface area contributed by atoms with Crippen LogP contribution in [0.4, 0.5) is 5.95 Å². The summed E-state index contributed by atoms with van der Waals surface area (Å²) in [5.41, 5.74) is 6.99. The Balaban J connectivity index is 2.70. The number of ether oxygens (including phenoxy) is 2. The number of anilines is 1. The molecule has 0 radical (unpaired) electrons. The van der Waals surface area contributed by atoms with E-state index in [1.807, 2.05) is 6.92 Å². The molecule has 1 aromatic carbocycles. The highest BCUT2D eigenvalue weighted by atomic mass is 16.5. The van der Waals surface area contributed by atoms with Gasteiger partial charge >= 0.3 is 5.97 Å². The molecule has 0 aliphatic carbocycles. The second kappa shape index (κ2) is 5.12. The Bertz CT molecular complexity index is 664. The third-order valence-corrected chi connectivity index (χ3v) is 2.97. The lowest BCUT2D eigenvalue weighted by Gasteiger charge is -2.13. The Labute approximate surface area is 115 Å². The van der Waals surface area contributed by atoms with Gasteiger partial charge in [-0.3, -0.25) is 0 Å². The first-order valence-electron chi connectivity index (χ1n) is 5.80. The van der Waals surface area contributed by atoms with Gasteiger partial charge in [0.05, 0.1) is 14.2 Å². The smallest absolute Gasteiger partial charge is 0.354 e. The topological polar surface area (TPSA) is 110 Å². The molecule has 0 unspecified atom stereocenters. The van der Waals surface area contributed by atoms with Crippen LogP contribution in [0.1, 0.15) is 16.1 Å². The summed E-state index contributed by atoms with van der Waals surface area (Å²) in [6.45, 7) is 1.82. The molecular formula is C13H15N3O4. The highest BCUT2D eigenvalue weighted by Crippen LogP contribution is 2.38. The lowest BCUT2D eigenvalue weighted by molar-refractivity contribution is 0.0692. The zero-order valence-electron chi connectivity index (χ0n) is 11.4. The van der Waals surface area contributed by atoms with Crippen molar-refractivity contribution in [3.63, 3.8) is 0 Å². The summed E-state index contributed by atoms with van der Waals surface area (Å²) < 4.78 is 10.6. The van der Waals surface area contributed by atoms with E-state index in [9.17, 15) is 9.90 Å². The Morgan fingerprint density at radius 2 is 2.05 bits per heavy atom. The van der Waals surface area contributed by atoms with Crippen molar-refractivity contribution in [1.29, 1.82) is 0 Å². The molecule has 20 heavy (non-hydrogen) atoms. The minimum atomic E-state index is -1.14. The number of nitrogens with zero attached hydrogens (tertiary/aromatic N) is 1. The van der Waals surface area contributed by atoms with Gasteiger partial charge in [-0.15, -0.1) is 0 Å². The molecule has 7 nitrogen and oxygen atoms in total. The number of H-pyrrole nitrogens is 1. The number of carboxylic acid groups (broad SMARTS) is 1. The molecular weight excluding hydrogens is 262 g/mol. The molecule has 0 aliphatic heterocycles. The monoisotopic (exact) mass is 277 g/mol. The van der Waals surface area contributed by atoms with Gasteiger partial charge in [-0.05, 0) is 19.1 Å². The second-order valence-corrected chi connectivity index (χ2v) is 4.12. The zero-order chi connectivity index (χ0) is 14.9. The van der Waals surface area contributed by atoms with Crippen molar-refractivity contribution in [1.82, 2.24) is 9.97 Å². The number of nitrogens with two attached hydrogens (primary N) is 1. The van der Waals surface area contributed by atoms with E-state index in [0.29, 0.717) is 17.1 Å². The molecule has 0 fully saturated rings. The molecule has 0 atom stereocenters. The van der Waals surface area contributed by atoms with Crippen LogP contribution in [0.2, 0.25) is 0 Å². The number of carbonyl (C=O) groups is 1. The maximum absolute atomic E-state index is 11.2. The number of methoxy groups -OCH3 is 2. The average molecular weight is 277 g/mol. The van der Waals surface area contributed by atoms with Crippen LogP contribution in [0.3, 0.4) is 0 Å². The number of benzene rings is 1. The minimum absolute atomic E-state index is 0.0351. The van der Waals surface area contributed by atoms with E-state index in [-0.39, 0.29) is 17.3 Å². The van der Waals surface area contributed by atoms with E-state index in [2.05, 4.69) is 9.97 Å². The maximum Gasteiger partial charge on any atom is 0.354 e. The first kappa shape index (κ1) is 13.7. The Morgan fingerprint density at radius 1 is 1.35 bits per heavy atom. The number of imidazole rings is 1. The normalized spacial score (nSPS) is 10.3. The number of carboxylic acids is 1. The van der Waals surface area contributed by atoms with Gasteiger partial charge in [-0.25, -0.2) is 9.78 Å². The fraction of sp³-hybridized carbons (Fsp3) is 0.231. The maximum atomic E-state index is 11.2. The standard InChI is InChI=1S/C13H15N3O4/c1-6-8(19-2)5-4-7(11(6)20-3)9-10(12(17)18)16-13(14)15-9/h4-5H,1-3H3,(H,17,18)(H3,14,15,16). The van der Waals surface area contributed by atoms with Crippen molar-refractivity contribution in [3.8, 4) is 22.8 Å². The first-order valence-corrected chi connectivity index (χ1v) is 5.80. The average Bonchev–Trinajstić information content (AvgIpc) is 2.80. The van der Waals surface area contributed by atoms with E-state index in [1.165, 1.54) is 7.11 Å². The second-order valence-electron chi connectivity index (χ2n) is 4.12. The van der Waals surface area contributed by atoms with Crippen molar-refractivity contribution >= 4 is 11.9 Å². The number of nitrogen functional groups attached to an aromatic ring is 1. The van der Waals surface area contributed by atoms with Gasteiger partial charge in [0.1, 0.15) is 17.2 Å². The quantitative estimate of drug-likeness (QED) is 0.784. The fourth-order valence-electron chi connectivity index (χ4n) is 2.09. The molecule has 0 aliphatic rings. The highest BCUT2D eigenvalue weighted by molar-refractivity contribution is 5.94. The van der Waals surface area contributed by atoms with E-state index in [0.717, 1.165) is 5.56 Å².